The Hall–Kier alpha value is -3.72. The number of aryl methyl sites for hydroxylation is 2. The number of amides is 2. The minimum Gasteiger partial charge on any atom is -0.352 e. The van der Waals surface area contributed by atoms with Gasteiger partial charge in [0, 0.05) is 18.2 Å². The Morgan fingerprint density at radius 1 is 0.895 bits per heavy atom. The predicted molar refractivity (Wildman–Crippen MR) is 147 cm³/mol. The average molecular weight is 540 g/mol. The molecule has 7 nitrogen and oxygen atoms in total. The number of benzene rings is 3. The van der Waals surface area contributed by atoms with E-state index >= 15 is 0 Å². The van der Waals surface area contributed by atoms with Crippen molar-refractivity contribution in [1.29, 1.82) is 0 Å². The Morgan fingerprint density at radius 3 is 2.13 bits per heavy atom. The molecule has 0 aliphatic rings. The van der Waals surface area contributed by atoms with E-state index in [9.17, 15) is 22.4 Å². The van der Waals surface area contributed by atoms with Gasteiger partial charge in [-0.15, -0.1) is 0 Å². The Morgan fingerprint density at radius 2 is 1.53 bits per heavy atom. The van der Waals surface area contributed by atoms with Crippen molar-refractivity contribution in [2.75, 3.05) is 10.8 Å². The lowest BCUT2D eigenvalue weighted by molar-refractivity contribution is -0.139. The lowest BCUT2D eigenvalue weighted by Crippen LogP contribution is -2.52. The average Bonchev–Trinajstić information content (AvgIpc) is 2.88. The molecule has 202 valence electrons. The third-order valence-corrected chi connectivity index (χ3v) is 8.07. The maximum absolute atomic E-state index is 14.6. The summed E-state index contributed by atoms with van der Waals surface area (Å²) >= 11 is 0. The zero-order valence-corrected chi connectivity index (χ0v) is 23.1. The van der Waals surface area contributed by atoms with E-state index in [-0.39, 0.29) is 23.0 Å². The summed E-state index contributed by atoms with van der Waals surface area (Å²) < 4.78 is 43.1. The fourth-order valence-electron chi connectivity index (χ4n) is 3.93. The van der Waals surface area contributed by atoms with Gasteiger partial charge in [-0.3, -0.25) is 13.9 Å². The number of carbonyl (C=O) groups is 2. The van der Waals surface area contributed by atoms with E-state index in [1.54, 1.807) is 63.2 Å². The molecule has 1 unspecified atom stereocenters. The molecule has 1 atom stereocenters. The molecule has 0 aliphatic carbocycles. The van der Waals surface area contributed by atoms with Crippen LogP contribution in [0.2, 0.25) is 0 Å². The van der Waals surface area contributed by atoms with Crippen molar-refractivity contribution in [3.63, 3.8) is 0 Å². The second-order valence-electron chi connectivity index (χ2n) is 9.55. The number of sulfonamides is 1. The molecular weight excluding hydrogens is 505 g/mol. The van der Waals surface area contributed by atoms with Crippen molar-refractivity contribution in [3.05, 3.63) is 95.3 Å². The summed E-state index contributed by atoms with van der Waals surface area (Å²) in [4.78, 5) is 28.0. The Balaban J connectivity index is 2.06. The number of anilines is 1. The van der Waals surface area contributed by atoms with Gasteiger partial charge in [0.15, 0.2) is 0 Å². The molecule has 0 saturated heterocycles. The van der Waals surface area contributed by atoms with Crippen LogP contribution in [0, 0.1) is 19.7 Å². The van der Waals surface area contributed by atoms with Crippen LogP contribution in [0.3, 0.4) is 0 Å². The van der Waals surface area contributed by atoms with Crippen LogP contribution in [0.25, 0.3) is 0 Å². The van der Waals surface area contributed by atoms with Gasteiger partial charge in [-0.2, -0.15) is 0 Å². The predicted octanol–water partition coefficient (Wildman–Crippen LogP) is 4.58. The topological polar surface area (TPSA) is 86.8 Å². The van der Waals surface area contributed by atoms with Crippen LogP contribution in [0.5, 0.6) is 0 Å². The smallest absolute Gasteiger partial charge is 0.264 e. The first-order chi connectivity index (χ1) is 17.9. The van der Waals surface area contributed by atoms with Crippen LogP contribution < -0.4 is 9.62 Å². The van der Waals surface area contributed by atoms with E-state index in [1.165, 1.54) is 35.2 Å². The van der Waals surface area contributed by atoms with E-state index < -0.39 is 40.2 Å². The van der Waals surface area contributed by atoms with Crippen LogP contribution in [-0.2, 0) is 26.2 Å². The number of nitrogens with zero attached hydrogens (tertiary/aromatic N) is 2. The van der Waals surface area contributed by atoms with Crippen molar-refractivity contribution in [2.24, 2.45) is 0 Å². The molecule has 38 heavy (non-hydrogen) atoms. The quantitative estimate of drug-likeness (QED) is 0.409. The molecule has 2 amide bonds. The molecule has 0 fully saturated rings. The molecule has 0 heterocycles. The fourth-order valence-corrected chi connectivity index (χ4v) is 5.35. The van der Waals surface area contributed by atoms with E-state index in [0.29, 0.717) is 5.69 Å². The first-order valence-electron chi connectivity index (χ1n) is 12.4. The molecule has 0 spiro atoms. The zero-order valence-electron chi connectivity index (χ0n) is 22.3. The molecule has 0 saturated carbocycles. The van der Waals surface area contributed by atoms with E-state index in [0.717, 1.165) is 15.4 Å². The summed E-state index contributed by atoms with van der Waals surface area (Å²) in [5.41, 5.74) is 2.36. The van der Waals surface area contributed by atoms with Gasteiger partial charge in [0.25, 0.3) is 10.0 Å². The summed E-state index contributed by atoms with van der Waals surface area (Å²) in [7, 11) is -4.15. The molecule has 9 heteroatoms. The molecule has 3 aromatic carbocycles. The number of carbonyl (C=O) groups excluding carboxylic acids is 2. The van der Waals surface area contributed by atoms with Gasteiger partial charge in [0.2, 0.25) is 11.8 Å². The van der Waals surface area contributed by atoms with Crippen molar-refractivity contribution in [3.8, 4) is 0 Å². The highest BCUT2D eigenvalue weighted by Gasteiger charge is 2.33. The molecule has 1 N–H and O–H groups in total. The molecule has 0 aliphatic heterocycles. The van der Waals surface area contributed by atoms with E-state index in [4.69, 9.17) is 0 Å². The Bertz CT molecular complexity index is 1390. The molecule has 0 radical (unpaired) electrons. The highest BCUT2D eigenvalue weighted by Crippen LogP contribution is 2.26. The first kappa shape index (κ1) is 28.8. The Labute approximate surface area is 224 Å². The second-order valence-corrected chi connectivity index (χ2v) is 11.4. The number of hydrogen-bond donors (Lipinski definition) is 1. The van der Waals surface area contributed by atoms with Gasteiger partial charge in [-0.05, 0) is 76.1 Å². The molecule has 0 aromatic heterocycles. The lowest BCUT2D eigenvalue weighted by Gasteiger charge is -2.32. The van der Waals surface area contributed by atoms with Crippen molar-refractivity contribution in [2.45, 2.75) is 58.1 Å². The van der Waals surface area contributed by atoms with Crippen LogP contribution >= 0.6 is 0 Å². The third kappa shape index (κ3) is 6.77. The highest BCUT2D eigenvalue weighted by molar-refractivity contribution is 7.92. The van der Waals surface area contributed by atoms with E-state index in [1.807, 2.05) is 13.8 Å². The summed E-state index contributed by atoms with van der Waals surface area (Å²) in [6, 6.07) is 17.8. The normalized spacial score (nSPS) is 12.2. The van der Waals surface area contributed by atoms with Crippen LogP contribution in [0.1, 0.15) is 37.5 Å². The zero-order chi connectivity index (χ0) is 28.0. The largest absolute Gasteiger partial charge is 0.352 e. The number of rotatable bonds is 10. The summed E-state index contributed by atoms with van der Waals surface area (Å²) in [5.74, 6) is -1.59. The minimum absolute atomic E-state index is 0.0253. The molecule has 0 bridgehead atoms. The second kappa shape index (κ2) is 12.2. The van der Waals surface area contributed by atoms with Gasteiger partial charge in [0.05, 0.1) is 10.6 Å². The minimum atomic E-state index is -4.15. The summed E-state index contributed by atoms with van der Waals surface area (Å²) in [6.07, 6.45) is 0. The van der Waals surface area contributed by atoms with Gasteiger partial charge in [-0.1, -0.05) is 42.5 Å². The van der Waals surface area contributed by atoms with Crippen molar-refractivity contribution in [1.82, 2.24) is 10.2 Å². The van der Waals surface area contributed by atoms with Gasteiger partial charge >= 0.3 is 0 Å². The van der Waals surface area contributed by atoms with Crippen LogP contribution in [-0.4, -0.2) is 43.8 Å². The van der Waals surface area contributed by atoms with Crippen LogP contribution in [0.4, 0.5) is 10.1 Å². The standard InChI is InChI=1S/C29H34FN3O4S/c1-20(2)31-29(35)23(5)32(18-24-11-9-10-14-27(24)30)28(34)19-33(25-16-15-21(3)22(4)17-25)38(36,37)26-12-7-6-8-13-26/h6-17,20,23H,18-19H2,1-5H3,(H,31,35). The lowest BCUT2D eigenvalue weighted by atomic mass is 10.1. The first-order valence-corrected chi connectivity index (χ1v) is 13.8. The Kier molecular flexibility index (Phi) is 9.27. The van der Waals surface area contributed by atoms with Gasteiger partial charge in [-0.25, -0.2) is 12.8 Å². The van der Waals surface area contributed by atoms with Gasteiger partial charge in [0.1, 0.15) is 18.4 Å². The molecular formula is C29H34FN3O4S. The number of halogens is 1. The molecule has 3 aromatic rings. The van der Waals surface area contributed by atoms with E-state index in [2.05, 4.69) is 5.32 Å². The third-order valence-electron chi connectivity index (χ3n) is 6.29. The monoisotopic (exact) mass is 539 g/mol. The summed E-state index contributed by atoms with van der Waals surface area (Å²) in [6.45, 7) is 8.12. The highest BCUT2D eigenvalue weighted by atomic mass is 32.2. The van der Waals surface area contributed by atoms with Crippen molar-refractivity contribution < 1.29 is 22.4 Å². The summed E-state index contributed by atoms with van der Waals surface area (Å²) in [5, 5.41) is 2.77. The number of nitrogens with one attached hydrogen (secondary N) is 1. The van der Waals surface area contributed by atoms with Gasteiger partial charge < -0.3 is 10.2 Å². The van der Waals surface area contributed by atoms with Crippen LogP contribution in [0.15, 0.2) is 77.7 Å². The maximum atomic E-state index is 14.6. The molecule has 3 rings (SSSR count). The number of hydrogen-bond acceptors (Lipinski definition) is 4. The SMILES string of the molecule is Cc1ccc(N(CC(=O)N(Cc2ccccc2F)C(C)C(=O)NC(C)C)S(=O)(=O)c2ccccc2)cc1C. The van der Waals surface area contributed by atoms with Crippen molar-refractivity contribution >= 4 is 27.5 Å². The maximum Gasteiger partial charge on any atom is 0.264 e. The fraction of sp³-hybridized carbons (Fsp3) is 0.310.